The third-order valence-electron chi connectivity index (χ3n) is 3.72. The summed E-state index contributed by atoms with van der Waals surface area (Å²) in [6.07, 6.45) is 4.26. The van der Waals surface area contributed by atoms with Gasteiger partial charge in [0.15, 0.2) is 0 Å². The molecular formula is C16H19ClN4O. The van der Waals surface area contributed by atoms with Crippen LogP contribution in [0.4, 0.5) is 0 Å². The first-order valence-corrected chi connectivity index (χ1v) is 7.77. The minimum atomic E-state index is 0.136. The molecule has 2 heterocycles. The molecule has 5 nitrogen and oxygen atoms in total. The van der Waals surface area contributed by atoms with Gasteiger partial charge in [0.1, 0.15) is 24.0 Å². The highest BCUT2D eigenvalue weighted by molar-refractivity contribution is 6.31. The fraction of sp³-hybridized carbons (Fsp3) is 0.375. The normalized spacial score (nSPS) is 14.3. The molecule has 0 aliphatic heterocycles. The number of aryl methyl sites for hydroxylation is 1. The molecule has 0 aliphatic rings. The van der Waals surface area contributed by atoms with E-state index in [4.69, 9.17) is 16.0 Å². The van der Waals surface area contributed by atoms with Crippen LogP contribution in [0.3, 0.4) is 0 Å². The monoisotopic (exact) mass is 318 g/mol. The minimum absolute atomic E-state index is 0.136. The summed E-state index contributed by atoms with van der Waals surface area (Å²) >= 11 is 6.01. The van der Waals surface area contributed by atoms with Crippen molar-refractivity contribution in [3.63, 3.8) is 0 Å². The van der Waals surface area contributed by atoms with Gasteiger partial charge in [-0.2, -0.15) is 5.10 Å². The Kier molecular flexibility index (Phi) is 4.45. The molecule has 2 aromatic heterocycles. The Morgan fingerprint density at radius 1 is 1.32 bits per heavy atom. The Morgan fingerprint density at radius 3 is 2.95 bits per heavy atom. The zero-order valence-corrected chi connectivity index (χ0v) is 13.4. The minimum Gasteiger partial charge on any atom is -0.459 e. The first-order chi connectivity index (χ1) is 10.6. The molecule has 22 heavy (non-hydrogen) atoms. The average molecular weight is 319 g/mol. The van der Waals surface area contributed by atoms with Crippen molar-refractivity contribution in [3.05, 3.63) is 47.7 Å². The molecule has 3 rings (SSSR count). The standard InChI is InChI=1S/C16H19ClN4O/c1-11(5-6-21-10-18-9-19-21)20-12(2)16-8-13-7-14(17)3-4-15(13)22-16/h3-4,7-12,20H,5-6H2,1-2H3/t11-,12+/m0/s1. The maximum absolute atomic E-state index is 6.01. The van der Waals surface area contributed by atoms with Crippen molar-refractivity contribution in [3.8, 4) is 0 Å². The third-order valence-corrected chi connectivity index (χ3v) is 3.95. The second-order valence-electron chi connectivity index (χ2n) is 5.57. The van der Waals surface area contributed by atoms with Gasteiger partial charge in [0.2, 0.25) is 0 Å². The Hall–Kier alpha value is -1.85. The second-order valence-corrected chi connectivity index (χ2v) is 6.00. The maximum atomic E-state index is 6.01. The van der Waals surface area contributed by atoms with Gasteiger partial charge < -0.3 is 9.73 Å². The Balaban J connectivity index is 1.61. The molecule has 0 saturated heterocycles. The summed E-state index contributed by atoms with van der Waals surface area (Å²) < 4.78 is 7.73. The number of furan rings is 1. The molecule has 6 heteroatoms. The molecular weight excluding hydrogens is 300 g/mol. The van der Waals surface area contributed by atoms with E-state index >= 15 is 0 Å². The molecule has 0 amide bonds. The van der Waals surface area contributed by atoms with Crippen LogP contribution in [-0.4, -0.2) is 20.8 Å². The van der Waals surface area contributed by atoms with Gasteiger partial charge in [-0.15, -0.1) is 0 Å². The first-order valence-electron chi connectivity index (χ1n) is 7.39. The van der Waals surface area contributed by atoms with Crippen LogP contribution >= 0.6 is 11.6 Å². The molecule has 1 aromatic carbocycles. The largest absolute Gasteiger partial charge is 0.459 e. The van der Waals surface area contributed by atoms with Crippen LogP contribution in [0.5, 0.6) is 0 Å². The van der Waals surface area contributed by atoms with Crippen molar-refractivity contribution in [2.45, 2.75) is 38.9 Å². The lowest BCUT2D eigenvalue weighted by Crippen LogP contribution is -2.29. The molecule has 1 N–H and O–H groups in total. The van der Waals surface area contributed by atoms with Gasteiger partial charge in [0, 0.05) is 23.0 Å². The summed E-state index contributed by atoms with van der Waals surface area (Å²) in [6.45, 7) is 5.11. The molecule has 0 fully saturated rings. The zero-order valence-electron chi connectivity index (χ0n) is 12.7. The number of rotatable bonds is 6. The molecule has 0 spiro atoms. The predicted octanol–water partition coefficient (Wildman–Crippen LogP) is 3.81. The lowest BCUT2D eigenvalue weighted by molar-refractivity contribution is 0.383. The van der Waals surface area contributed by atoms with E-state index in [9.17, 15) is 0 Å². The van der Waals surface area contributed by atoms with E-state index in [-0.39, 0.29) is 6.04 Å². The highest BCUT2D eigenvalue weighted by atomic mass is 35.5. The van der Waals surface area contributed by atoms with Gasteiger partial charge in [-0.3, -0.25) is 4.68 Å². The van der Waals surface area contributed by atoms with E-state index in [2.05, 4.69) is 29.2 Å². The van der Waals surface area contributed by atoms with Crippen LogP contribution in [-0.2, 0) is 6.54 Å². The Bertz CT molecular complexity index is 738. The summed E-state index contributed by atoms with van der Waals surface area (Å²) in [6, 6.07) is 8.19. The van der Waals surface area contributed by atoms with Gasteiger partial charge in [-0.25, -0.2) is 4.98 Å². The lowest BCUT2D eigenvalue weighted by Gasteiger charge is -2.18. The number of fused-ring (bicyclic) bond motifs is 1. The van der Waals surface area contributed by atoms with E-state index in [0.29, 0.717) is 6.04 Å². The van der Waals surface area contributed by atoms with Gasteiger partial charge in [0.05, 0.1) is 6.04 Å². The lowest BCUT2D eigenvalue weighted by atomic mass is 10.1. The number of nitrogens with one attached hydrogen (secondary N) is 1. The summed E-state index contributed by atoms with van der Waals surface area (Å²) in [5.41, 5.74) is 0.864. The van der Waals surface area contributed by atoms with Gasteiger partial charge in [0.25, 0.3) is 0 Å². The van der Waals surface area contributed by atoms with E-state index in [0.717, 1.165) is 34.7 Å². The first kappa shape index (κ1) is 15.1. The SMILES string of the molecule is C[C@@H](CCn1cncn1)N[C@H](C)c1cc2cc(Cl)ccc2o1. The Morgan fingerprint density at radius 2 is 2.18 bits per heavy atom. The molecule has 116 valence electrons. The van der Waals surface area contributed by atoms with Crippen LogP contribution in [0.15, 0.2) is 41.3 Å². The molecule has 0 unspecified atom stereocenters. The maximum Gasteiger partial charge on any atom is 0.137 e. The number of aromatic nitrogens is 3. The fourth-order valence-electron chi connectivity index (χ4n) is 2.51. The molecule has 0 saturated carbocycles. The van der Waals surface area contributed by atoms with E-state index in [1.54, 1.807) is 12.7 Å². The molecule has 0 aliphatic carbocycles. The molecule has 0 radical (unpaired) electrons. The van der Waals surface area contributed by atoms with Crippen LogP contribution in [0.2, 0.25) is 5.02 Å². The molecule has 3 aromatic rings. The van der Waals surface area contributed by atoms with Crippen molar-refractivity contribution in [2.75, 3.05) is 0 Å². The number of benzene rings is 1. The summed E-state index contributed by atoms with van der Waals surface area (Å²) in [4.78, 5) is 3.95. The van der Waals surface area contributed by atoms with E-state index in [1.807, 2.05) is 28.9 Å². The highest BCUT2D eigenvalue weighted by Gasteiger charge is 2.14. The van der Waals surface area contributed by atoms with Crippen molar-refractivity contribution < 1.29 is 4.42 Å². The number of halogens is 1. The summed E-state index contributed by atoms with van der Waals surface area (Å²) in [5, 5.41) is 9.41. The molecule has 0 bridgehead atoms. The van der Waals surface area contributed by atoms with Crippen molar-refractivity contribution in [2.24, 2.45) is 0 Å². The summed E-state index contributed by atoms with van der Waals surface area (Å²) in [5.74, 6) is 0.921. The average Bonchev–Trinajstić information content (AvgIpc) is 3.13. The number of hydrogen-bond acceptors (Lipinski definition) is 4. The van der Waals surface area contributed by atoms with E-state index < -0.39 is 0 Å². The van der Waals surface area contributed by atoms with Gasteiger partial charge in [-0.1, -0.05) is 11.6 Å². The predicted molar refractivity (Wildman–Crippen MR) is 86.9 cm³/mol. The highest BCUT2D eigenvalue weighted by Crippen LogP contribution is 2.26. The molecule has 2 atom stereocenters. The smallest absolute Gasteiger partial charge is 0.137 e. The van der Waals surface area contributed by atoms with E-state index in [1.165, 1.54) is 0 Å². The van der Waals surface area contributed by atoms with Crippen LogP contribution in [0.25, 0.3) is 11.0 Å². The van der Waals surface area contributed by atoms with Crippen LogP contribution in [0, 0.1) is 0 Å². The van der Waals surface area contributed by atoms with Crippen LogP contribution in [0.1, 0.15) is 32.1 Å². The van der Waals surface area contributed by atoms with Gasteiger partial charge >= 0.3 is 0 Å². The zero-order chi connectivity index (χ0) is 15.5. The quantitative estimate of drug-likeness (QED) is 0.751. The van der Waals surface area contributed by atoms with Crippen molar-refractivity contribution >= 4 is 22.6 Å². The second kappa shape index (κ2) is 6.50. The van der Waals surface area contributed by atoms with Crippen LogP contribution < -0.4 is 5.32 Å². The third kappa shape index (κ3) is 3.48. The van der Waals surface area contributed by atoms with Crippen molar-refractivity contribution in [1.29, 1.82) is 0 Å². The number of nitrogens with zero attached hydrogens (tertiary/aromatic N) is 3. The van der Waals surface area contributed by atoms with Crippen molar-refractivity contribution in [1.82, 2.24) is 20.1 Å². The summed E-state index contributed by atoms with van der Waals surface area (Å²) in [7, 11) is 0. The fourth-order valence-corrected chi connectivity index (χ4v) is 2.70. The number of hydrogen-bond donors (Lipinski definition) is 1. The van der Waals surface area contributed by atoms with Gasteiger partial charge in [-0.05, 0) is 44.5 Å². The Labute approximate surface area is 134 Å². The topological polar surface area (TPSA) is 55.9 Å².